The van der Waals surface area contributed by atoms with E-state index in [1.165, 1.54) is 32.1 Å². The third-order valence-electron chi connectivity index (χ3n) is 4.69. The number of hydrogen-bond acceptors (Lipinski definition) is 1. The van der Waals surface area contributed by atoms with E-state index in [1.54, 1.807) is 0 Å². The van der Waals surface area contributed by atoms with Crippen LogP contribution in [-0.2, 0) is 0 Å². The Morgan fingerprint density at radius 3 is 2.29 bits per heavy atom. The first-order valence-electron chi connectivity index (χ1n) is 7.51. The fraction of sp³-hybridized carbons (Fsp3) is 1.00. The van der Waals surface area contributed by atoms with E-state index in [0.717, 1.165) is 23.8 Å². The van der Waals surface area contributed by atoms with Crippen molar-refractivity contribution in [2.45, 2.75) is 72.8 Å². The van der Waals surface area contributed by atoms with Gasteiger partial charge in [0.05, 0.1) is 0 Å². The summed E-state index contributed by atoms with van der Waals surface area (Å²) >= 11 is 0. The topological polar surface area (TPSA) is 12.0 Å². The van der Waals surface area contributed by atoms with Crippen molar-refractivity contribution in [3.05, 3.63) is 0 Å². The summed E-state index contributed by atoms with van der Waals surface area (Å²) in [5.41, 5.74) is 0.495. The van der Waals surface area contributed by atoms with Crippen LogP contribution in [0.5, 0.6) is 0 Å². The van der Waals surface area contributed by atoms with Crippen LogP contribution in [0.4, 0.5) is 0 Å². The minimum Gasteiger partial charge on any atom is -0.317 e. The van der Waals surface area contributed by atoms with Gasteiger partial charge in [-0.1, -0.05) is 41.0 Å². The minimum atomic E-state index is 0.495. The van der Waals surface area contributed by atoms with Gasteiger partial charge >= 0.3 is 0 Å². The zero-order valence-corrected chi connectivity index (χ0v) is 12.8. The molecule has 0 bridgehead atoms. The van der Waals surface area contributed by atoms with Crippen molar-refractivity contribution in [1.82, 2.24) is 5.32 Å². The summed E-state index contributed by atoms with van der Waals surface area (Å²) in [5.74, 6) is 2.67. The Labute approximate surface area is 109 Å². The van der Waals surface area contributed by atoms with Gasteiger partial charge in [0.2, 0.25) is 0 Å². The Morgan fingerprint density at radius 1 is 1.18 bits per heavy atom. The second-order valence-corrected chi connectivity index (χ2v) is 7.50. The summed E-state index contributed by atoms with van der Waals surface area (Å²) < 4.78 is 0. The van der Waals surface area contributed by atoms with E-state index in [9.17, 15) is 0 Å². The second kappa shape index (κ2) is 6.22. The molecule has 1 N–H and O–H groups in total. The standard InChI is InChI=1S/C16H33N/c1-12(2)7-8-13-11-14(16(3,4)5)9-10-15(13)17-6/h12-15,17H,7-11H2,1-6H3. The molecule has 102 valence electrons. The molecule has 0 aromatic carbocycles. The quantitative estimate of drug-likeness (QED) is 0.763. The van der Waals surface area contributed by atoms with Crippen LogP contribution in [0.3, 0.4) is 0 Å². The molecule has 0 aliphatic heterocycles. The molecular formula is C16H33N. The van der Waals surface area contributed by atoms with Gasteiger partial charge in [-0.05, 0) is 55.9 Å². The maximum absolute atomic E-state index is 3.55. The molecular weight excluding hydrogens is 206 g/mol. The highest BCUT2D eigenvalue weighted by Gasteiger charge is 2.34. The molecule has 1 nitrogen and oxygen atoms in total. The van der Waals surface area contributed by atoms with Crippen LogP contribution in [0, 0.1) is 23.2 Å². The fourth-order valence-corrected chi connectivity index (χ4v) is 3.30. The average Bonchev–Trinajstić information content (AvgIpc) is 2.24. The van der Waals surface area contributed by atoms with Crippen molar-refractivity contribution >= 4 is 0 Å². The molecule has 1 aliphatic rings. The van der Waals surface area contributed by atoms with Crippen molar-refractivity contribution in [1.29, 1.82) is 0 Å². The van der Waals surface area contributed by atoms with Crippen molar-refractivity contribution in [3.8, 4) is 0 Å². The largest absolute Gasteiger partial charge is 0.317 e. The number of rotatable bonds is 4. The van der Waals surface area contributed by atoms with Gasteiger partial charge in [0.1, 0.15) is 0 Å². The molecule has 3 unspecified atom stereocenters. The lowest BCUT2D eigenvalue weighted by atomic mass is 9.66. The van der Waals surface area contributed by atoms with Gasteiger partial charge in [-0.15, -0.1) is 0 Å². The highest BCUT2D eigenvalue weighted by Crippen LogP contribution is 2.41. The van der Waals surface area contributed by atoms with Gasteiger partial charge in [-0.3, -0.25) is 0 Å². The Bertz CT molecular complexity index is 214. The van der Waals surface area contributed by atoms with Crippen molar-refractivity contribution in [2.24, 2.45) is 23.2 Å². The van der Waals surface area contributed by atoms with Crippen LogP contribution in [0.2, 0.25) is 0 Å². The van der Waals surface area contributed by atoms with Gasteiger partial charge in [0, 0.05) is 6.04 Å². The van der Waals surface area contributed by atoms with E-state index in [4.69, 9.17) is 0 Å². The zero-order valence-electron chi connectivity index (χ0n) is 12.8. The van der Waals surface area contributed by atoms with E-state index in [0.29, 0.717) is 5.41 Å². The van der Waals surface area contributed by atoms with E-state index in [1.807, 2.05) is 0 Å². The lowest BCUT2D eigenvalue weighted by Crippen LogP contribution is -2.41. The van der Waals surface area contributed by atoms with Gasteiger partial charge in [0.25, 0.3) is 0 Å². The van der Waals surface area contributed by atoms with Crippen LogP contribution in [0.15, 0.2) is 0 Å². The van der Waals surface area contributed by atoms with E-state index in [-0.39, 0.29) is 0 Å². The molecule has 1 heteroatoms. The zero-order chi connectivity index (χ0) is 13.1. The maximum atomic E-state index is 3.55. The van der Waals surface area contributed by atoms with E-state index >= 15 is 0 Å². The molecule has 0 aromatic rings. The molecule has 0 aromatic heterocycles. The Morgan fingerprint density at radius 2 is 1.82 bits per heavy atom. The summed E-state index contributed by atoms with van der Waals surface area (Å²) in [6.45, 7) is 11.9. The van der Waals surface area contributed by atoms with Crippen LogP contribution in [-0.4, -0.2) is 13.1 Å². The fourth-order valence-electron chi connectivity index (χ4n) is 3.30. The van der Waals surface area contributed by atoms with Crippen LogP contribution in [0.1, 0.15) is 66.7 Å². The normalized spacial score (nSPS) is 30.9. The molecule has 0 radical (unpaired) electrons. The first-order chi connectivity index (χ1) is 7.84. The summed E-state index contributed by atoms with van der Waals surface area (Å²) in [6, 6.07) is 0.771. The summed E-state index contributed by atoms with van der Waals surface area (Å²) in [7, 11) is 2.14. The third kappa shape index (κ3) is 4.62. The molecule has 1 rings (SSSR count). The smallest absolute Gasteiger partial charge is 0.00925 e. The lowest BCUT2D eigenvalue weighted by Gasteiger charge is -2.42. The lowest BCUT2D eigenvalue weighted by molar-refractivity contribution is 0.109. The number of hydrogen-bond donors (Lipinski definition) is 1. The Kier molecular flexibility index (Phi) is 5.50. The van der Waals surface area contributed by atoms with Crippen LogP contribution >= 0.6 is 0 Å². The monoisotopic (exact) mass is 239 g/mol. The molecule has 0 spiro atoms. The van der Waals surface area contributed by atoms with Crippen LogP contribution in [0.25, 0.3) is 0 Å². The first-order valence-corrected chi connectivity index (χ1v) is 7.51. The predicted molar refractivity (Wildman–Crippen MR) is 77.2 cm³/mol. The molecule has 17 heavy (non-hydrogen) atoms. The van der Waals surface area contributed by atoms with Gasteiger partial charge in [-0.25, -0.2) is 0 Å². The molecule has 1 fully saturated rings. The maximum Gasteiger partial charge on any atom is 0.00925 e. The molecule has 3 atom stereocenters. The Hall–Kier alpha value is -0.0400. The third-order valence-corrected chi connectivity index (χ3v) is 4.69. The minimum absolute atomic E-state index is 0.495. The van der Waals surface area contributed by atoms with E-state index < -0.39 is 0 Å². The SMILES string of the molecule is CNC1CCC(C(C)(C)C)CC1CCC(C)C. The van der Waals surface area contributed by atoms with Crippen molar-refractivity contribution < 1.29 is 0 Å². The van der Waals surface area contributed by atoms with Crippen molar-refractivity contribution in [3.63, 3.8) is 0 Å². The Balaban J connectivity index is 2.55. The van der Waals surface area contributed by atoms with Crippen molar-refractivity contribution in [2.75, 3.05) is 7.05 Å². The second-order valence-electron chi connectivity index (χ2n) is 7.50. The average molecular weight is 239 g/mol. The summed E-state index contributed by atoms with van der Waals surface area (Å²) in [6.07, 6.45) is 7.02. The highest BCUT2D eigenvalue weighted by atomic mass is 14.9. The van der Waals surface area contributed by atoms with Gasteiger partial charge in [0.15, 0.2) is 0 Å². The first kappa shape index (κ1) is 15.0. The highest BCUT2D eigenvalue weighted by molar-refractivity contribution is 4.88. The predicted octanol–water partition coefficient (Wildman–Crippen LogP) is 4.47. The molecule has 1 aliphatic carbocycles. The summed E-state index contributed by atoms with van der Waals surface area (Å²) in [5, 5.41) is 3.55. The summed E-state index contributed by atoms with van der Waals surface area (Å²) in [4.78, 5) is 0. The van der Waals surface area contributed by atoms with Crippen LogP contribution < -0.4 is 5.32 Å². The molecule has 0 saturated heterocycles. The molecule has 0 heterocycles. The molecule has 0 amide bonds. The number of nitrogens with one attached hydrogen (secondary N) is 1. The van der Waals surface area contributed by atoms with E-state index in [2.05, 4.69) is 47.0 Å². The van der Waals surface area contributed by atoms with Gasteiger partial charge in [-0.2, -0.15) is 0 Å². The van der Waals surface area contributed by atoms with Gasteiger partial charge < -0.3 is 5.32 Å². The molecule has 1 saturated carbocycles.